The van der Waals surface area contributed by atoms with Crippen LogP contribution >= 0.6 is 0 Å². The summed E-state index contributed by atoms with van der Waals surface area (Å²) in [6.07, 6.45) is 10.2. The molecule has 6 nitrogen and oxygen atoms in total. The van der Waals surface area contributed by atoms with E-state index >= 15 is 0 Å². The number of rotatable bonds is 2. The Morgan fingerprint density at radius 3 is 2.39 bits per heavy atom. The minimum atomic E-state index is -0.441. The maximum absolute atomic E-state index is 4.98. The molecule has 4 aliphatic heterocycles. The van der Waals surface area contributed by atoms with Gasteiger partial charge in [0.25, 0.3) is 0 Å². The Morgan fingerprint density at radius 1 is 0.944 bits per heavy atom. The van der Waals surface area contributed by atoms with Crippen LogP contribution in [-0.4, -0.2) is 47.7 Å². The van der Waals surface area contributed by atoms with Crippen LogP contribution in [0.1, 0.15) is 44.7 Å². The van der Waals surface area contributed by atoms with Crippen LogP contribution in [0, 0.1) is 0 Å². The van der Waals surface area contributed by atoms with E-state index in [-0.39, 0.29) is 17.7 Å². The van der Waals surface area contributed by atoms with Gasteiger partial charge in [0.2, 0.25) is 0 Å². The zero-order valence-electron chi connectivity index (χ0n) is 21.9. The molecule has 4 heterocycles. The number of likely N-dealkylation sites (N-methyl/N-ethyl adjacent to an activating group) is 2. The van der Waals surface area contributed by atoms with E-state index in [1.165, 1.54) is 22.4 Å². The number of aliphatic imine (C=N–C) groups is 1. The molecule has 0 aliphatic carbocycles. The molecule has 0 bridgehead atoms. The minimum absolute atomic E-state index is 0.0149. The number of anilines is 2. The van der Waals surface area contributed by atoms with Gasteiger partial charge in [-0.2, -0.15) is 0 Å². The highest BCUT2D eigenvalue weighted by Gasteiger charge is 2.57. The molecule has 0 radical (unpaired) electrons. The molecular formula is C30H36N6. The number of hydrogen-bond donors (Lipinski definition) is 1. The lowest BCUT2D eigenvalue weighted by atomic mass is 9.67. The molecule has 36 heavy (non-hydrogen) atoms. The van der Waals surface area contributed by atoms with Crippen molar-refractivity contribution in [3.8, 4) is 0 Å². The smallest absolute Gasteiger partial charge is 0.151 e. The van der Waals surface area contributed by atoms with E-state index < -0.39 is 5.66 Å². The van der Waals surface area contributed by atoms with Crippen LogP contribution in [0.4, 0.5) is 11.4 Å². The van der Waals surface area contributed by atoms with E-state index in [2.05, 4.69) is 121 Å². The highest BCUT2D eigenvalue weighted by molar-refractivity contribution is 6.09. The van der Waals surface area contributed by atoms with Crippen molar-refractivity contribution in [3.63, 3.8) is 0 Å². The van der Waals surface area contributed by atoms with E-state index in [0.717, 1.165) is 24.4 Å². The Hall–Kier alpha value is -3.51. The molecule has 2 aromatic rings. The first-order chi connectivity index (χ1) is 17.4. The Morgan fingerprint density at radius 2 is 1.64 bits per heavy atom. The van der Waals surface area contributed by atoms with Crippen molar-refractivity contribution in [2.75, 3.05) is 23.9 Å². The SMILES string of the molecule is C=C1c2ccccc2N2C3=NC=CNC3(C)N(C)C2C2N(C)C=CN2c2ccccc2C1(CC)CC. The van der Waals surface area contributed by atoms with Crippen LogP contribution in [-0.2, 0) is 5.41 Å². The van der Waals surface area contributed by atoms with Gasteiger partial charge in [-0.05, 0) is 50.1 Å². The Balaban J connectivity index is 1.71. The molecule has 4 aliphatic rings. The molecule has 3 unspecified atom stereocenters. The van der Waals surface area contributed by atoms with Gasteiger partial charge in [-0.3, -0.25) is 4.90 Å². The van der Waals surface area contributed by atoms with Crippen molar-refractivity contribution in [2.24, 2.45) is 4.99 Å². The third-order valence-electron chi connectivity index (χ3n) is 9.07. The maximum atomic E-state index is 4.98. The van der Waals surface area contributed by atoms with Crippen molar-refractivity contribution in [1.82, 2.24) is 15.1 Å². The number of hydrogen-bond acceptors (Lipinski definition) is 6. The summed E-state index contributed by atoms with van der Waals surface area (Å²) in [7, 11) is 4.38. The summed E-state index contributed by atoms with van der Waals surface area (Å²) in [5, 5.41) is 3.62. The molecular weight excluding hydrogens is 444 g/mol. The third-order valence-corrected chi connectivity index (χ3v) is 9.07. The molecule has 6 heteroatoms. The van der Waals surface area contributed by atoms with Crippen LogP contribution in [0.2, 0.25) is 0 Å². The lowest BCUT2D eigenvalue weighted by Gasteiger charge is -2.46. The van der Waals surface area contributed by atoms with E-state index in [0.29, 0.717) is 0 Å². The van der Waals surface area contributed by atoms with Crippen molar-refractivity contribution in [1.29, 1.82) is 0 Å². The predicted molar refractivity (Wildman–Crippen MR) is 149 cm³/mol. The summed E-state index contributed by atoms with van der Waals surface area (Å²) < 4.78 is 0. The first kappa shape index (κ1) is 22.9. The first-order valence-corrected chi connectivity index (χ1v) is 13.0. The summed E-state index contributed by atoms with van der Waals surface area (Å²) in [5.74, 6) is 1.01. The standard InChI is InChI=1S/C30H36N6/c1-7-30(8-2)21(3)22-13-9-11-15-24(22)36-27(34(6)29(4)28(36)31-17-18-32-29)26-33(5)19-20-35(26)25-16-12-10-14-23(25)30/h9-20,26-27,32H,3,7-8H2,1-2,4-6H3. The second kappa shape index (κ2) is 8.00. The van der Waals surface area contributed by atoms with Gasteiger partial charge in [0.15, 0.2) is 5.84 Å². The summed E-state index contributed by atoms with van der Waals surface area (Å²) in [6.45, 7) is 11.6. The number of allylic oxidation sites excluding steroid dienone is 1. The first-order valence-electron chi connectivity index (χ1n) is 13.0. The average Bonchev–Trinajstić information content (AvgIpc) is 3.39. The molecule has 1 N–H and O–H groups in total. The van der Waals surface area contributed by atoms with Crippen molar-refractivity contribution in [2.45, 2.75) is 57.0 Å². The molecule has 1 saturated heterocycles. The van der Waals surface area contributed by atoms with Crippen LogP contribution in [0.5, 0.6) is 0 Å². The van der Waals surface area contributed by atoms with Crippen LogP contribution in [0.3, 0.4) is 0 Å². The molecule has 6 rings (SSSR count). The zero-order chi connectivity index (χ0) is 25.2. The lowest BCUT2D eigenvalue weighted by molar-refractivity contribution is 0.110. The van der Waals surface area contributed by atoms with Crippen molar-refractivity contribution >= 4 is 22.8 Å². The van der Waals surface area contributed by atoms with E-state index in [1.54, 1.807) is 0 Å². The largest absolute Gasteiger partial charge is 0.366 e. The molecule has 3 atom stereocenters. The van der Waals surface area contributed by atoms with E-state index in [4.69, 9.17) is 11.6 Å². The van der Waals surface area contributed by atoms with Crippen LogP contribution < -0.4 is 15.1 Å². The summed E-state index contributed by atoms with van der Waals surface area (Å²) in [6, 6.07) is 17.7. The quantitative estimate of drug-likeness (QED) is 0.632. The fourth-order valence-corrected chi connectivity index (χ4v) is 6.85. The summed E-state index contributed by atoms with van der Waals surface area (Å²) >= 11 is 0. The number of nitrogens with zero attached hydrogens (tertiary/aromatic N) is 5. The number of nitrogens with one attached hydrogen (secondary N) is 1. The second-order valence-corrected chi connectivity index (χ2v) is 10.5. The second-order valence-electron chi connectivity index (χ2n) is 10.5. The summed E-state index contributed by atoms with van der Waals surface area (Å²) in [4.78, 5) is 14.6. The summed E-state index contributed by atoms with van der Waals surface area (Å²) in [5.41, 5.74) is 5.47. The van der Waals surface area contributed by atoms with E-state index in [9.17, 15) is 0 Å². The fraction of sp³-hybridized carbons (Fsp3) is 0.367. The molecule has 2 aromatic carbocycles. The number of fused-ring (bicyclic) bond motifs is 9. The van der Waals surface area contributed by atoms with Crippen LogP contribution in [0.25, 0.3) is 5.57 Å². The van der Waals surface area contributed by atoms with Gasteiger partial charge in [-0.1, -0.05) is 56.8 Å². The number of benzene rings is 2. The fourth-order valence-electron chi connectivity index (χ4n) is 6.85. The van der Waals surface area contributed by atoms with Gasteiger partial charge in [0.05, 0.1) is 5.69 Å². The average molecular weight is 481 g/mol. The third kappa shape index (κ3) is 2.79. The topological polar surface area (TPSA) is 37.4 Å². The van der Waals surface area contributed by atoms with Crippen LogP contribution in [0.15, 0.2) is 84.9 Å². The van der Waals surface area contributed by atoms with Gasteiger partial charge in [0, 0.05) is 48.5 Å². The molecule has 1 fully saturated rings. The van der Waals surface area contributed by atoms with Gasteiger partial charge in [-0.25, -0.2) is 4.99 Å². The van der Waals surface area contributed by atoms with E-state index in [1.807, 2.05) is 12.4 Å². The van der Waals surface area contributed by atoms with Gasteiger partial charge >= 0.3 is 0 Å². The Kier molecular flexibility index (Phi) is 5.09. The molecule has 186 valence electrons. The zero-order valence-corrected chi connectivity index (χ0v) is 21.9. The molecule has 0 aromatic heterocycles. The molecule has 0 amide bonds. The monoisotopic (exact) mass is 480 g/mol. The lowest BCUT2D eigenvalue weighted by Crippen LogP contribution is -2.60. The molecule has 0 saturated carbocycles. The molecule has 0 spiro atoms. The van der Waals surface area contributed by atoms with Gasteiger partial charge in [0.1, 0.15) is 18.0 Å². The van der Waals surface area contributed by atoms with Gasteiger partial charge < -0.3 is 20.0 Å². The highest BCUT2D eigenvalue weighted by Crippen LogP contribution is 2.52. The minimum Gasteiger partial charge on any atom is -0.366 e. The van der Waals surface area contributed by atoms with Crippen molar-refractivity contribution in [3.05, 3.63) is 91.0 Å². The normalized spacial score (nSPS) is 28.1. The maximum Gasteiger partial charge on any atom is 0.151 e. The van der Waals surface area contributed by atoms with Gasteiger partial charge in [-0.15, -0.1) is 0 Å². The van der Waals surface area contributed by atoms with Crippen molar-refractivity contribution < 1.29 is 0 Å². The highest BCUT2D eigenvalue weighted by atomic mass is 15.6. The number of amidine groups is 1. The Labute approximate surface area is 214 Å². The Bertz CT molecular complexity index is 1300. The predicted octanol–water partition coefficient (Wildman–Crippen LogP) is 5.29. The number of para-hydroxylation sites is 2.